The smallest absolute Gasteiger partial charge is 0.0897 e. The molecule has 0 saturated heterocycles. The van der Waals surface area contributed by atoms with Gasteiger partial charge in [0.1, 0.15) is 0 Å². The number of allylic oxidation sites excluding steroid dienone is 1. The third-order valence-corrected chi connectivity index (χ3v) is 3.11. The first-order valence-electron chi connectivity index (χ1n) is 4.77. The van der Waals surface area contributed by atoms with E-state index in [0.29, 0.717) is 0 Å². The molecule has 0 fully saturated rings. The zero-order valence-corrected chi connectivity index (χ0v) is 9.31. The molecule has 78 valence electrons. The van der Waals surface area contributed by atoms with E-state index in [0.717, 1.165) is 24.3 Å². The second-order valence-corrected chi connectivity index (χ2v) is 4.49. The molecule has 3 nitrogen and oxygen atoms in total. The van der Waals surface area contributed by atoms with Crippen molar-refractivity contribution in [3.63, 3.8) is 0 Å². The van der Waals surface area contributed by atoms with Gasteiger partial charge in [0, 0.05) is 11.1 Å². The van der Waals surface area contributed by atoms with Crippen LogP contribution in [-0.4, -0.2) is 4.98 Å². The Morgan fingerprint density at radius 1 is 1.79 bits per heavy atom. The highest BCUT2D eigenvalue weighted by Gasteiger charge is 2.11. The van der Waals surface area contributed by atoms with Crippen LogP contribution in [0.2, 0.25) is 0 Å². The molecule has 0 aliphatic rings. The zero-order valence-electron chi connectivity index (χ0n) is 8.49. The van der Waals surface area contributed by atoms with E-state index in [1.165, 1.54) is 4.88 Å². The molecule has 1 unspecified atom stereocenters. The lowest BCUT2D eigenvalue weighted by molar-refractivity contribution is 0.507. The minimum atomic E-state index is 0.237. The first-order chi connectivity index (χ1) is 6.77. The standard InChI is InChI=1S/C10H17N3S/c1-3-4-5-6-9(13-11)10-7-12-8(2)14-10/h3,7,9,13H,1,4-6,11H2,2H3. The van der Waals surface area contributed by atoms with Gasteiger partial charge < -0.3 is 0 Å². The van der Waals surface area contributed by atoms with Gasteiger partial charge in [0.05, 0.1) is 11.0 Å². The van der Waals surface area contributed by atoms with Gasteiger partial charge in [-0.05, 0) is 26.2 Å². The molecule has 0 amide bonds. The Kier molecular flexibility index (Phi) is 4.79. The summed E-state index contributed by atoms with van der Waals surface area (Å²) in [6.45, 7) is 5.70. The number of aromatic nitrogens is 1. The Morgan fingerprint density at radius 2 is 2.57 bits per heavy atom. The van der Waals surface area contributed by atoms with E-state index in [2.05, 4.69) is 17.0 Å². The summed E-state index contributed by atoms with van der Waals surface area (Å²) >= 11 is 1.70. The maximum Gasteiger partial charge on any atom is 0.0897 e. The molecular formula is C10H17N3S. The minimum absolute atomic E-state index is 0.237. The number of thiazole rings is 1. The Labute approximate surface area is 89.0 Å². The molecule has 1 atom stereocenters. The number of aryl methyl sites for hydroxylation is 1. The number of nitrogens with two attached hydrogens (primary N) is 1. The molecule has 0 saturated carbocycles. The maximum atomic E-state index is 5.50. The van der Waals surface area contributed by atoms with Crippen LogP contribution in [0.5, 0.6) is 0 Å². The van der Waals surface area contributed by atoms with Crippen LogP contribution in [0.1, 0.15) is 35.2 Å². The number of hydrogen-bond acceptors (Lipinski definition) is 4. The predicted molar refractivity (Wildman–Crippen MR) is 61.0 cm³/mol. The van der Waals surface area contributed by atoms with E-state index in [1.54, 1.807) is 11.3 Å². The van der Waals surface area contributed by atoms with E-state index >= 15 is 0 Å². The fourth-order valence-electron chi connectivity index (χ4n) is 1.31. The quantitative estimate of drug-likeness (QED) is 0.328. The molecule has 0 aromatic carbocycles. The Bertz CT molecular complexity index is 283. The molecule has 0 aliphatic carbocycles. The molecule has 1 aromatic heterocycles. The Hall–Kier alpha value is -0.710. The average molecular weight is 211 g/mol. The van der Waals surface area contributed by atoms with Gasteiger partial charge in [-0.3, -0.25) is 11.3 Å². The average Bonchev–Trinajstić information content (AvgIpc) is 2.60. The Balaban J connectivity index is 2.49. The monoisotopic (exact) mass is 211 g/mol. The number of hydrogen-bond donors (Lipinski definition) is 2. The van der Waals surface area contributed by atoms with Crippen molar-refractivity contribution < 1.29 is 0 Å². The summed E-state index contributed by atoms with van der Waals surface area (Å²) in [5.41, 5.74) is 2.83. The summed E-state index contributed by atoms with van der Waals surface area (Å²) in [5.74, 6) is 5.50. The SMILES string of the molecule is C=CCCCC(NN)c1cnc(C)s1. The summed E-state index contributed by atoms with van der Waals surface area (Å²) in [7, 11) is 0. The third-order valence-electron chi connectivity index (χ3n) is 2.08. The van der Waals surface area contributed by atoms with E-state index in [9.17, 15) is 0 Å². The van der Waals surface area contributed by atoms with Crippen molar-refractivity contribution in [2.45, 2.75) is 32.2 Å². The topological polar surface area (TPSA) is 50.9 Å². The predicted octanol–water partition coefficient (Wildman–Crippen LogP) is 2.31. The van der Waals surface area contributed by atoms with Crippen LogP contribution >= 0.6 is 11.3 Å². The number of unbranched alkanes of at least 4 members (excludes halogenated alkanes) is 1. The molecule has 4 heteroatoms. The van der Waals surface area contributed by atoms with Crippen molar-refractivity contribution in [3.8, 4) is 0 Å². The largest absolute Gasteiger partial charge is 0.271 e. The highest BCUT2D eigenvalue weighted by Crippen LogP contribution is 2.23. The molecule has 1 aromatic rings. The lowest BCUT2D eigenvalue weighted by atomic mass is 10.1. The maximum absolute atomic E-state index is 5.50. The van der Waals surface area contributed by atoms with Crippen molar-refractivity contribution >= 4 is 11.3 Å². The summed E-state index contributed by atoms with van der Waals surface area (Å²) in [6, 6.07) is 0.237. The van der Waals surface area contributed by atoms with Crippen LogP contribution in [0.4, 0.5) is 0 Å². The van der Waals surface area contributed by atoms with Gasteiger partial charge in [-0.1, -0.05) is 6.08 Å². The molecule has 0 aliphatic heterocycles. The number of nitrogens with zero attached hydrogens (tertiary/aromatic N) is 1. The number of nitrogens with one attached hydrogen (secondary N) is 1. The van der Waals surface area contributed by atoms with Gasteiger partial charge in [-0.15, -0.1) is 17.9 Å². The van der Waals surface area contributed by atoms with Crippen LogP contribution in [0, 0.1) is 6.92 Å². The molecule has 14 heavy (non-hydrogen) atoms. The van der Waals surface area contributed by atoms with Gasteiger partial charge >= 0.3 is 0 Å². The third kappa shape index (κ3) is 3.21. The van der Waals surface area contributed by atoms with Crippen LogP contribution < -0.4 is 11.3 Å². The van der Waals surface area contributed by atoms with Crippen molar-refractivity contribution in [2.75, 3.05) is 0 Å². The Morgan fingerprint density at radius 3 is 3.07 bits per heavy atom. The fraction of sp³-hybridized carbons (Fsp3) is 0.500. The van der Waals surface area contributed by atoms with Gasteiger partial charge in [0.25, 0.3) is 0 Å². The molecule has 0 bridgehead atoms. The van der Waals surface area contributed by atoms with E-state index < -0.39 is 0 Å². The number of rotatable bonds is 6. The second-order valence-electron chi connectivity index (χ2n) is 3.22. The lowest BCUT2D eigenvalue weighted by Gasteiger charge is -2.12. The molecular weight excluding hydrogens is 194 g/mol. The van der Waals surface area contributed by atoms with Crippen LogP contribution in [0.25, 0.3) is 0 Å². The van der Waals surface area contributed by atoms with Crippen molar-refractivity contribution in [1.82, 2.24) is 10.4 Å². The molecule has 1 heterocycles. The van der Waals surface area contributed by atoms with Crippen molar-refractivity contribution in [1.29, 1.82) is 0 Å². The molecule has 0 radical (unpaired) electrons. The molecule has 0 spiro atoms. The minimum Gasteiger partial charge on any atom is -0.271 e. The second kappa shape index (κ2) is 5.90. The number of hydrazine groups is 1. The van der Waals surface area contributed by atoms with Gasteiger partial charge in [0.15, 0.2) is 0 Å². The van der Waals surface area contributed by atoms with Crippen LogP contribution in [0.15, 0.2) is 18.9 Å². The van der Waals surface area contributed by atoms with Crippen molar-refractivity contribution in [2.24, 2.45) is 5.84 Å². The molecule has 1 rings (SSSR count). The van der Waals surface area contributed by atoms with Gasteiger partial charge in [-0.2, -0.15) is 0 Å². The van der Waals surface area contributed by atoms with E-state index in [4.69, 9.17) is 5.84 Å². The summed E-state index contributed by atoms with van der Waals surface area (Å²) in [4.78, 5) is 5.43. The first kappa shape index (κ1) is 11.4. The first-order valence-corrected chi connectivity index (χ1v) is 5.59. The summed E-state index contributed by atoms with van der Waals surface area (Å²) < 4.78 is 0. The molecule has 3 N–H and O–H groups in total. The zero-order chi connectivity index (χ0) is 10.4. The van der Waals surface area contributed by atoms with Crippen LogP contribution in [-0.2, 0) is 0 Å². The van der Waals surface area contributed by atoms with Gasteiger partial charge in [0.2, 0.25) is 0 Å². The normalized spacial score (nSPS) is 12.7. The van der Waals surface area contributed by atoms with E-state index in [1.807, 2.05) is 19.2 Å². The van der Waals surface area contributed by atoms with Gasteiger partial charge in [-0.25, -0.2) is 4.98 Å². The highest BCUT2D eigenvalue weighted by atomic mass is 32.1. The van der Waals surface area contributed by atoms with Crippen LogP contribution in [0.3, 0.4) is 0 Å². The summed E-state index contributed by atoms with van der Waals surface area (Å²) in [6.07, 6.45) is 7.01. The highest BCUT2D eigenvalue weighted by molar-refractivity contribution is 7.11. The lowest BCUT2D eigenvalue weighted by Crippen LogP contribution is -2.27. The van der Waals surface area contributed by atoms with Crippen molar-refractivity contribution in [3.05, 3.63) is 28.7 Å². The van der Waals surface area contributed by atoms with E-state index in [-0.39, 0.29) is 6.04 Å². The fourth-order valence-corrected chi connectivity index (χ4v) is 2.19. The summed E-state index contributed by atoms with van der Waals surface area (Å²) in [5, 5.41) is 1.09.